The molecule has 0 N–H and O–H groups in total. The Morgan fingerprint density at radius 1 is 1.44 bits per heavy atom. The number of aromatic nitrogens is 1. The maximum absolute atomic E-state index is 12.0. The predicted octanol–water partition coefficient (Wildman–Crippen LogP) is 2.53. The molecule has 4 nitrogen and oxygen atoms in total. The lowest BCUT2D eigenvalue weighted by molar-refractivity contribution is -0.274. The minimum Gasteiger partial charge on any atom is -0.465 e. The molecule has 88 valence electrons. The fourth-order valence-corrected chi connectivity index (χ4v) is 1.39. The molecule has 1 aromatic rings. The zero-order valence-corrected chi connectivity index (χ0v) is 9.42. The minimum atomic E-state index is -4.90. The van der Waals surface area contributed by atoms with Gasteiger partial charge in [0.25, 0.3) is 0 Å². The average Bonchev–Trinajstić information content (AvgIpc) is 2.14. The smallest absolute Gasteiger partial charge is 0.465 e. The van der Waals surface area contributed by atoms with Gasteiger partial charge in [0.1, 0.15) is 5.56 Å². The van der Waals surface area contributed by atoms with Gasteiger partial charge in [0.05, 0.1) is 17.8 Å². The third-order valence-electron chi connectivity index (χ3n) is 1.48. The van der Waals surface area contributed by atoms with Crippen LogP contribution in [0.15, 0.2) is 16.9 Å². The van der Waals surface area contributed by atoms with Crippen LogP contribution < -0.4 is 4.74 Å². The number of hydrogen-bond acceptors (Lipinski definition) is 4. The maximum Gasteiger partial charge on any atom is 0.573 e. The number of rotatable bonds is 2. The summed E-state index contributed by atoms with van der Waals surface area (Å²) >= 11 is 2.89. The molecule has 0 atom stereocenters. The van der Waals surface area contributed by atoms with Crippen LogP contribution in [0, 0.1) is 0 Å². The fraction of sp³-hybridized carbons (Fsp3) is 0.250. The second-order valence-electron chi connectivity index (χ2n) is 2.53. The van der Waals surface area contributed by atoms with Crippen molar-refractivity contribution in [2.75, 3.05) is 7.11 Å². The summed E-state index contributed by atoms with van der Waals surface area (Å²) < 4.78 is 44.0. The third kappa shape index (κ3) is 3.09. The monoisotopic (exact) mass is 299 g/mol. The van der Waals surface area contributed by atoms with Crippen molar-refractivity contribution in [2.24, 2.45) is 0 Å². The van der Waals surface area contributed by atoms with Crippen molar-refractivity contribution in [1.29, 1.82) is 0 Å². The summed E-state index contributed by atoms with van der Waals surface area (Å²) in [5.74, 6) is -1.66. The molecule has 0 aliphatic rings. The van der Waals surface area contributed by atoms with Gasteiger partial charge in [0.15, 0.2) is 5.75 Å². The predicted molar refractivity (Wildman–Crippen MR) is 50.0 cm³/mol. The van der Waals surface area contributed by atoms with E-state index in [9.17, 15) is 18.0 Å². The van der Waals surface area contributed by atoms with Crippen molar-refractivity contribution in [3.8, 4) is 5.75 Å². The molecule has 0 saturated carbocycles. The highest BCUT2D eigenvalue weighted by Crippen LogP contribution is 2.30. The van der Waals surface area contributed by atoms with Crippen LogP contribution >= 0.6 is 15.9 Å². The molecule has 0 radical (unpaired) electrons. The van der Waals surface area contributed by atoms with Crippen molar-refractivity contribution in [2.45, 2.75) is 6.36 Å². The highest BCUT2D eigenvalue weighted by atomic mass is 79.9. The van der Waals surface area contributed by atoms with Crippen LogP contribution in [0.4, 0.5) is 13.2 Å². The van der Waals surface area contributed by atoms with Crippen LogP contribution in [0.2, 0.25) is 0 Å². The van der Waals surface area contributed by atoms with E-state index < -0.39 is 18.1 Å². The lowest BCUT2D eigenvalue weighted by Crippen LogP contribution is -2.19. The number of esters is 1. The molecule has 0 amide bonds. The first-order valence-corrected chi connectivity index (χ1v) is 4.62. The number of hydrogen-bond donors (Lipinski definition) is 0. The van der Waals surface area contributed by atoms with Gasteiger partial charge in [0.2, 0.25) is 0 Å². The molecule has 1 rings (SSSR count). The zero-order chi connectivity index (χ0) is 12.3. The first-order chi connectivity index (χ1) is 7.35. The number of ether oxygens (including phenoxy) is 2. The van der Waals surface area contributed by atoms with Gasteiger partial charge in [-0.25, -0.2) is 4.79 Å². The molecule has 0 spiro atoms. The Morgan fingerprint density at radius 3 is 2.56 bits per heavy atom. The van der Waals surface area contributed by atoms with Crippen LogP contribution in [0.3, 0.4) is 0 Å². The highest BCUT2D eigenvalue weighted by Gasteiger charge is 2.34. The second-order valence-corrected chi connectivity index (χ2v) is 3.39. The Balaban J connectivity index is 3.18. The summed E-state index contributed by atoms with van der Waals surface area (Å²) in [6.45, 7) is 0. The summed E-state index contributed by atoms with van der Waals surface area (Å²) in [7, 11) is 1.05. The Hall–Kier alpha value is -1.31. The topological polar surface area (TPSA) is 48.4 Å². The van der Waals surface area contributed by atoms with E-state index in [-0.39, 0.29) is 10.0 Å². The van der Waals surface area contributed by atoms with Crippen molar-refractivity contribution in [3.63, 3.8) is 0 Å². The molecule has 0 bridgehead atoms. The second kappa shape index (κ2) is 4.69. The molecule has 0 aliphatic heterocycles. The van der Waals surface area contributed by atoms with Gasteiger partial charge in [-0.15, -0.1) is 13.2 Å². The van der Waals surface area contributed by atoms with Gasteiger partial charge in [-0.1, -0.05) is 0 Å². The quantitative estimate of drug-likeness (QED) is 0.788. The van der Waals surface area contributed by atoms with Crippen molar-refractivity contribution in [1.82, 2.24) is 4.98 Å². The van der Waals surface area contributed by atoms with E-state index in [1.807, 2.05) is 0 Å². The number of carbonyl (C=O) groups excluding carboxylic acids is 1. The van der Waals surface area contributed by atoms with Gasteiger partial charge >= 0.3 is 12.3 Å². The summed E-state index contributed by atoms with van der Waals surface area (Å²) in [5, 5.41) is 0. The molecule has 1 aromatic heterocycles. The number of halogens is 4. The van der Waals surface area contributed by atoms with E-state index in [1.54, 1.807) is 0 Å². The number of nitrogens with zero attached hydrogens (tertiary/aromatic N) is 1. The van der Waals surface area contributed by atoms with Crippen LogP contribution in [-0.2, 0) is 4.74 Å². The van der Waals surface area contributed by atoms with Gasteiger partial charge in [-0.2, -0.15) is 0 Å². The molecule has 0 fully saturated rings. The molecule has 0 saturated heterocycles. The summed E-state index contributed by atoms with van der Waals surface area (Å²) in [4.78, 5) is 14.7. The van der Waals surface area contributed by atoms with Crippen LogP contribution in [0.25, 0.3) is 0 Å². The highest BCUT2D eigenvalue weighted by molar-refractivity contribution is 9.10. The van der Waals surface area contributed by atoms with Gasteiger partial charge < -0.3 is 9.47 Å². The van der Waals surface area contributed by atoms with E-state index in [1.165, 1.54) is 0 Å². The van der Waals surface area contributed by atoms with Gasteiger partial charge in [-0.05, 0) is 15.9 Å². The number of methoxy groups -OCH3 is 1. The van der Waals surface area contributed by atoms with E-state index in [2.05, 4.69) is 30.4 Å². The Bertz CT molecular complexity index is 408. The van der Waals surface area contributed by atoms with E-state index in [0.717, 1.165) is 19.5 Å². The number of carbonyl (C=O) groups is 1. The zero-order valence-electron chi connectivity index (χ0n) is 7.84. The molecule has 8 heteroatoms. The summed E-state index contributed by atoms with van der Waals surface area (Å²) in [6, 6.07) is 0. The molecule has 16 heavy (non-hydrogen) atoms. The first kappa shape index (κ1) is 12.8. The average molecular weight is 300 g/mol. The Labute approximate surface area is 96.5 Å². The van der Waals surface area contributed by atoms with E-state index >= 15 is 0 Å². The van der Waals surface area contributed by atoms with Crippen LogP contribution in [0.1, 0.15) is 10.4 Å². The molecular weight excluding hydrogens is 295 g/mol. The SMILES string of the molecule is COC(=O)c1c(Br)cncc1OC(F)(F)F. The van der Waals surface area contributed by atoms with Gasteiger partial charge in [0, 0.05) is 6.20 Å². The van der Waals surface area contributed by atoms with E-state index in [0.29, 0.717) is 0 Å². The molecule has 0 unspecified atom stereocenters. The van der Waals surface area contributed by atoms with Crippen LogP contribution in [0.5, 0.6) is 5.75 Å². The molecule has 0 aliphatic carbocycles. The number of pyridine rings is 1. The lowest BCUT2D eigenvalue weighted by Gasteiger charge is -2.12. The molecule has 0 aromatic carbocycles. The minimum absolute atomic E-state index is 0.0566. The summed E-state index contributed by atoms with van der Waals surface area (Å²) in [5.41, 5.74) is -0.366. The van der Waals surface area contributed by atoms with Gasteiger partial charge in [-0.3, -0.25) is 4.98 Å². The van der Waals surface area contributed by atoms with Crippen molar-refractivity contribution < 1.29 is 27.4 Å². The normalized spacial score (nSPS) is 11.1. The largest absolute Gasteiger partial charge is 0.573 e. The Kier molecular flexibility index (Phi) is 3.74. The van der Waals surface area contributed by atoms with Crippen molar-refractivity contribution in [3.05, 3.63) is 22.4 Å². The fourth-order valence-electron chi connectivity index (χ4n) is 0.919. The van der Waals surface area contributed by atoms with Crippen LogP contribution in [-0.4, -0.2) is 24.4 Å². The summed E-state index contributed by atoms with van der Waals surface area (Å²) in [6.07, 6.45) is -2.95. The Morgan fingerprint density at radius 2 is 2.06 bits per heavy atom. The third-order valence-corrected chi connectivity index (χ3v) is 2.08. The number of alkyl halides is 3. The standard InChI is InChI=1S/C8H5BrF3NO3/c1-15-7(14)6-4(9)2-13-3-5(6)16-8(10,11)12/h2-3H,1H3. The van der Waals surface area contributed by atoms with Crippen molar-refractivity contribution >= 4 is 21.9 Å². The molecular formula is C8H5BrF3NO3. The maximum atomic E-state index is 12.0. The van der Waals surface area contributed by atoms with E-state index in [4.69, 9.17) is 0 Å². The first-order valence-electron chi connectivity index (χ1n) is 3.82. The lowest BCUT2D eigenvalue weighted by atomic mass is 10.2. The molecule has 1 heterocycles.